The number of aromatic amines is 1. The first-order valence-corrected chi connectivity index (χ1v) is 13.5. The Kier molecular flexibility index (Phi) is 6.29. The lowest BCUT2D eigenvalue weighted by Crippen LogP contribution is -2.32. The van der Waals surface area contributed by atoms with Crippen molar-refractivity contribution in [2.45, 2.75) is 22.8 Å². The number of thiazole rings is 1. The molecule has 2 aliphatic rings. The summed E-state index contributed by atoms with van der Waals surface area (Å²) in [5.74, 6) is -1.54. The van der Waals surface area contributed by atoms with Crippen LogP contribution >= 0.6 is 23.1 Å². The summed E-state index contributed by atoms with van der Waals surface area (Å²) in [5, 5.41) is -0.160. The van der Waals surface area contributed by atoms with E-state index in [4.69, 9.17) is 9.47 Å². The van der Waals surface area contributed by atoms with Crippen LogP contribution in [0.25, 0.3) is 0 Å². The largest absolute Gasteiger partial charge is 0.493 e. The maximum atomic E-state index is 13.8. The lowest BCUT2D eigenvalue weighted by atomic mass is 9.83. The van der Waals surface area contributed by atoms with Gasteiger partial charge in [-0.15, -0.1) is 0 Å². The number of anilines is 1. The number of halogens is 1. The number of aromatic nitrogens is 1. The van der Waals surface area contributed by atoms with E-state index in [2.05, 4.69) is 4.98 Å². The van der Waals surface area contributed by atoms with Gasteiger partial charge in [-0.3, -0.25) is 14.4 Å². The molecule has 38 heavy (non-hydrogen) atoms. The molecule has 6 rings (SSSR count). The molecule has 3 aromatic carbocycles. The Balaban J connectivity index is 1.38. The second-order valence-corrected chi connectivity index (χ2v) is 11.1. The summed E-state index contributed by atoms with van der Waals surface area (Å²) in [6, 6.07) is 20.4. The van der Waals surface area contributed by atoms with E-state index in [-0.39, 0.29) is 10.8 Å². The van der Waals surface area contributed by atoms with Gasteiger partial charge < -0.3 is 14.5 Å². The Labute approximate surface area is 225 Å². The van der Waals surface area contributed by atoms with Crippen LogP contribution in [0.1, 0.15) is 21.9 Å². The van der Waals surface area contributed by atoms with Crippen molar-refractivity contribution in [1.82, 2.24) is 4.98 Å². The van der Waals surface area contributed by atoms with Gasteiger partial charge in [0.25, 0.3) is 0 Å². The van der Waals surface area contributed by atoms with Crippen LogP contribution < -0.4 is 19.2 Å². The van der Waals surface area contributed by atoms with Gasteiger partial charge in [-0.25, -0.2) is 9.29 Å². The molecular formula is C28H21FN2O5S2. The minimum atomic E-state index is -0.753. The topological polar surface area (TPSA) is 88.7 Å². The number of nitrogens with zero attached hydrogens (tertiary/aromatic N) is 1. The first kappa shape index (κ1) is 24.4. The fourth-order valence-electron chi connectivity index (χ4n) is 4.95. The van der Waals surface area contributed by atoms with Crippen molar-refractivity contribution in [2.75, 3.05) is 12.0 Å². The predicted octanol–water partition coefficient (Wildman–Crippen LogP) is 4.96. The number of ether oxygens (including phenoxy) is 2. The summed E-state index contributed by atoms with van der Waals surface area (Å²) < 4.78 is 25.2. The van der Waals surface area contributed by atoms with Crippen molar-refractivity contribution >= 4 is 40.6 Å². The van der Waals surface area contributed by atoms with Crippen LogP contribution in [-0.2, 0) is 16.2 Å². The minimum Gasteiger partial charge on any atom is -0.493 e. The molecule has 2 amide bonds. The summed E-state index contributed by atoms with van der Waals surface area (Å²) in [6.07, 6.45) is 0. The lowest BCUT2D eigenvalue weighted by Gasteiger charge is -2.30. The Morgan fingerprint density at radius 2 is 1.71 bits per heavy atom. The summed E-state index contributed by atoms with van der Waals surface area (Å²) in [5.41, 5.74) is 2.04. The Morgan fingerprint density at radius 1 is 0.947 bits per heavy atom. The third-order valence-corrected chi connectivity index (χ3v) is 9.09. The number of carbonyl (C=O) groups excluding carboxylic acids is 2. The van der Waals surface area contributed by atoms with Crippen LogP contribution in [-0.4, -0.2) is 29.2 Å². The van der Waals surface area contributed by atoms with E-state index >= 15 is 0 Å². The first-order valence-electron chi connectivity index (χ1n) is 11.8. The zero-order valence-electron chi connectivity index (χ0n) is 20.1. The molecule has 2 aliphatic heterocycles. The third kappa shape index (κ3) is 4.19. The van der Waals surface area contributed by atoms with Crippen LogP contribution in [0, 0.1) is 11.7 Å². The molecular weight excluding hydrogens is 527 g/mol. The molecule has 3 heterocycles. The standard InChI is InChI=1S/C28H21FN2O5S2/c1-35-20-13-16(7-12-19(20)36-14-15-5-3-2-4-6-15)21-22-24(37-25-23(21)38-28(34)30-25)27(33)31(26(22)32)18-10-8-17(29)9-11-18/h2-13,21-22,24H,14H2,1H3,(H,30,34)/t21-,22?,24?/m1/s1. The number of benzene rings is 3. The number of imide groups is 1. The molecule has 0 bridgehead atoms. The van der Waals surface area contributed by atoms with Crippen LogP contribution in [0.15, 0.2) is 82.6 Å². The van der Waals surface area contributed by atoms with Crippen molar-refractivity contribution in [3.05, 3.63) is 104 Å². The normalized spacial score (nSPS) is 20.3. The summed E-state index contributed by atoms with van der Waals surface area (Å²) in [4.78, 5) is 44.0. The van der Waals surface area contributed by atoms with Gasteiger partial charge in [0.05, 0.1) is 23.7 Å². The zero-order valence-corrected chi connectivity index (χ0v) is 21.7. The summed E-state index contributed by atoms with van der Waals surface area (Å²) in [7, 11) is 1.54. The number of hydrogen-bond donors (Lipinski definition) is 1. The molecule has 10 heteroatoms. The highest BCUT2D eigenvalue weighted by atomic mass is 32.2. The molecule has 0 spiro atoms. The molecule has 0 aliphatic carbocycles. The number of fused-ring (bicyclic) bond motifs is 2. The molecule has 1 saturated heterocycles. The highest BCUT2D eigenvalue weighted by Gasteiger charge is 2.56. The second-order valence-electron chi connectivity index (χ2n) is 8.92. The lowest BCUT2D eigenvalue weighted by molar-refractivity contribution is -0.122. The molecule has 3 atom stereocenters. The van der Waals surface area contributed by atoms with Gasteiger partial charge in [0.2, 0.25) is 11.8 Å². The van der Waals surface area contributed by atoms with Gasteiger partial charge in [-0.05, 0) is 47.5 Å². The maximum absolute atomic E-state index is 13.8. The highest BCUT2D eigenvalue weighted by Crippen LogP contribution is 2.53. The van der Waals surface area contributed by atoms with Crippen LogP contribution in [0.4, 0.5) is 10.1 Å². The fraction of sp³-hybridized carbons (Fsp3) is 0.179. The number of rotatable bonds is 6. The van der Waals surface area contributed by atoms with Crippen LogP contribution in [0.5, 0.6) is 11.5 Å². The quantitative estimate of drug-likeness (QED) is 0.343. The van der Waals surface area contributed by atoms with Gasteiger partial charge in [0.15, 0.2) is 11.5 Å². The second kappa shape index (κ2) is 9.77. The molecule has 192 valence electrons. The molecule has 1 aromatic heterocycles. The monoisotopic (exact) mass is 548 g/mol. The number of carbonyl (C=O) groups is 2. The van der Waals surface area contributed by atoms with Crippen LogP contribution in [0.3, 0.4) is 0 Å². The summed E-state index contributed by atoms with van der Waals surface area (Å²) >= 11 is 2.23. The average Bonchev–Trinajstić information content (AvgIpc) is 3.42. The summed E-state index contributed by atoms with van der Waals surface area (Å²) in [6.45, 7) is 0.352. The Morgan fingerprint density at radius 3 is 2.45 bits per heavy atom. The molecule has 1 fully saturated rings. The van der Waals surface area contributed by atoms with Gasteiger partial charge in [-0.1, -0.05) is 59.5 Å². The molecule has 0 radical (unpaired) electrons. The van der Waals surface area contributed by atoms with Crippen molar-refractivity contribution in [3.63, 3.8) is 0 Å². The van der Waals surface area contributed by atoms with Gasteiger partial charge in [0, 0.05) is 10.8 Å². The molecule has 7 nitrogen and oxygen atoms in total. The molecule has 1 N–H and O–H groups in total. The zero-order chi connectivity index (χ0) is 26.4. The highest BCUT2D eigenvalue weighted by molar-refractivity contribution is 8.00. The number of amides is 2. The molecule has 4 aromatic rings. The smallest absolute Gasteiger partial charge is 0.305 e. The maximum Gasteiger partial charge on any atom is 0.305 e. The van der Waals surface area contributed by atoms with E-state index in [9.17, 15) is 18.8 Å². The Bertz CT molecular complexity index is 1590. The van der Waals surface area contributed by atoms with E-state index in [1.54, 1.807) is 12.1 Å². The number of hydrogen-bond acceptors (Lipinski definition) is 7. The third-order valence-electron chi connectivity index (χ3n) is 6.69. The van der Waals surface area contributed by atoms with Crippen molar-refractivity contribution in [2.24, 2.45) is 5.92 Å². The van der Waals surface area contributed by atoms with Crippen LogP contribution in [0.2, 0.25) is 0 Å². The van der Waals surface area contributed by atoms with E-state index < -0.39 is 28.8 Å². The van der Waals surface area contributed by atoms with Crippen molar-refractivity contribution in [1.29, 1.82) is 0 Å². The fourth-order valence-corrected chi connectivity index (χ4v) is 7.47. The van der Waals surface area contributed by atoms with Crippen molar-refractivity contribution < 1.29 is 23.5 Å². The van der Waals surface area contributed by atoms with E-state index in [1.807, 2.05) is 36.4 Å². The SMILES string of the molecule is COc1cc([C@H]2c3sc(=O)[nH]c3SC3C(=O)N(c4ccc(F)cc4)C(=O)C32)ccc1OCc1ccccc1. The number of thioether (sulfide) groups is 1. The van der Waals surface area contributed by atoms with Gasteiger partial charge >= 0.3 is 4.87 Å². The van der Waals surface area contributed by atoms with Gasteiger partial charge in [0.1, 0.15) is 17.7 Å². The molecule has 2 unspecified atom stereocenters. The Hall–Kier alpha value is -3.89. The minimum absolute atomic E-state index is 0.252. The average molecular weight is 549 g/mol. The predicted molar refractivity (Wildman–Crippen MR) is 143 cm³/mol. The van der Waals surface area contributed by atoms with E-state index in [1.165, 1.54) is 43.1 Å². The number of nitrogens with one attached hydrogen (secondary N) is 1. The van der Waals surface area contributed by atoms with E-state index in [0.29, 0.717) is 33.7 Å². The van der Waals surface area contributed by atoms with E-state index in [0.717, 1.165) is 27.4 Å². The number of H-pyrrole nitrogens is 1. The van der Waals surface area contributed by atoms with Crippen molar-refractivity contribution in [3.8, 4) is 11.5 Å². The first-order chi connectivity index (χ1) is 18.4. The number of methoxy groups -OCH3 is 1. The van der Waals surface area contributed by atoms with Gasteiger partial charge in [-0.2, -0.15) is 0 Å². The molecule has 0 saturated carbocycles.